The highest BCUT2D eigenvalue weighted by molar-refractivity contribution is 5.94. The van der Waals surface area contributed by atoms with Crippen LogP contribution in [0, 0.1) is 6.92 Å². The Hall–Kier alpha value is -2.49. The van der Waals surface area contributed by atoms with Crippen molar-refractivity contribution in [2.45, 2.75) is 33.3 Å². The second-order valence-corrected chi connectivity index (χ2v) is 5.27. The van der Waals surface area contributed by atoms with Gasteiger partial charge >= 0.3 is 0 Å². The summed E-state index contributed by atoms with van der Waals surface area (Å²) < 4.78 is 11.2. The molecule has 4 heteroatoms. The number of aryl methyl sites for hydroxylation is 1. The Kier molecular flexibility index (Phi) is 6.03. The van der Waals surface area contributed by atoms with Gasteiger partial charge in [-0.25, -0.2) is 0 Å². The predicted molar refractivity (Wildman–Crippen MR) is 92.1 cm³/mol. The van der Waals surface area contributed by atoms with Crippen molar-refractivity contribution >= 4 is 11.6 Å². The van der Waals surface area contributed by atoms with Gasteiger partial charge in [-0.2, -0.15) is 0 Å². The summed E-state index contributed by atoms with van der Waals surface area (Å²) in [6.07, 6.45) is 0.0702. The largest absolute Gasteiger partial charge is 0.494 e. The van der Waals surface area contributed by atoms with E-state index in [1.54, 1.807) is 0 Å². The van der Waals surface area contributed by atoms with Crippen LogP contribution in [-0.4, -0.2) is 18.6 Å². The van der Waals surface area contributed by atoms with Crippen LogP contribution in [0.25, 0.3) is 0 Å². The molecule has 2 rings (SSSR count). The van der Waals surface area contributed by atoms with Crippen molar-refractivity contribution in [2.75, 3.05) is 11.9 Å². The van der Waals surface area contributed by atoms with Gasteiger partial charge in [0.1, 0.15) is 11.5 Å². The first-order chi connectivity index (χ1) is 11.1. The van der Waals surface area contributed by atoms with E-state index in [4.69, 9.17) is 9.47 Å². The van der Waals surface area contributed by atoms with Crippen molar-refractivity contribution in [1.29, 1.82) is 0 Å². The van der Waals surface area contributed by atoms with Crippen LogP contribution in [0.3, 0.4) is 0 Å². The molecule has 4 nitrogen and oxygen atoms in total. The number of carbonyl (C=O) groups is 1. The molecular formula is C19H23NO3. The molecule has 0 radical (unpaired) electrons. The Balaban J connectivity index is 1.97. The van der Waals surface area contributed by atoms with Crippen LogP contribution in [-0.2, 0) is 4.79 Å². The average Bonchev–Trinajstić information content (AvgIpc) is 2.56. The number of benzene rings is 2. The fourth-order valence-corrected chi connectivity index (χ4v) is 2.13. The molecule has 23 heavy (non-hydrogen) atoms. The Labute approximate surface area is 137 Å². The van der Waals surface area contributed by atoms with E-state index in [2.05, 4.69) is 5.32 Å². The van der Waals surface area contributed by atoms with E-state index in [1.165, 1.54) is 0 Å². The smallest absolute Gasteiger partial charge is 0.265 e. The van der Waals surface area contributed by atoms with E-state index < -0.39 is 6.10 Å². The van der Waals surface area contributed by atoms with Crippen molar-refractivity contribution in [3.05, 3.63) is 54.1 Å². The molecule has 0 aromatic heterocycles. The molecule has 0 saturated carbocycles. The Morgan fingerprint density at radius 3 is 2.17 bits per heavy atom. The number of nitrogens with one attached hydrogen (secondary N) is 1. The minimum Gasteiger partial charge on any atom is -0.494 e. The molecule has 0 saturated heterocycles. The van der Waals surface area contributed by atoms with Crippen LogP contribution >= 0.6 is 0 Å². The summed E-state index contributed by atoms with van der Waals surface area (Å²) in [5.41, 5.74) is 1.88. The summed E-state index contributed by atoms with van der Waals surface area (Å²) >= 11 is 0. The zero-order valence-corrected chi connectivity index (χ0v) is 13.8. The molecule has 2 aromatic carbocycles. The number of hydrogen-bond acceptors (Lipinski definition) is 3. The quantitative estimate of drug-likeness (QED) is 0.833. The van der Waals surface area contributed by atoms with Gasteiger partial charge in [-0.15, -0.1) is 0 Å². The fourth-order valence-electron chi connectivity index (χ4n) is 2.13. The van der Waals surface area contributed by atoms with Gasteiger partial charge in [0.2, 0.25) is 0 Å². The highest BCUT2D eigenvalue weighted by Gasteiger charge is 2.18. The van der Waals surface area contributed by atoms with E-state index in [1.807, 2.05) is 69.3 Å². The van der Waals surface area contributed by atoms with E-state index >= 15 is 0 Å². The molecule has 2 aromatic rings. The minimum absolute atomic E-state index is 0.155. The average molecular weight is 313 g/mol. The van der Waals surface area contributed by atoms with Gasteiger partial charge in [0.05, 0.1) is 6.61 Å². The zero-order chi connectivity index (χ0) is 16.7. The third-order valence-electron chi connectivity index (χ3n) is 3.40. The number of hydrogen-bond donors (Lipinski definition) is 1. The lowest BCUT2D eigenvalue weighted by molar-refractivity contribution is -0.122. The van der Waals surface area contributed by atoms with E-state index in [0.717, 1.165) is 17.0 Å². The normalized spacial score (nSPS) is 11.6. The zero-order valence-electron chi connectivity index (χ0n) is 13.8. The van der Waals surface area contributed by atoms with Crippen molar-refractivity contribution in [1.82, 2.24) is 0 Å². The minimum atomic E-state index is -0.524. The number of ether oxygens (including phenoxy) is 2. The first-order valence-corrected chi connectivity index (χ1v) is 7.89. The molecule has 0 aliphatic carbocycles. The molecule has 0 fully saturated rings. The first-order valence-electron chi connectivity index (χ1n) is 7.89. The molecule has 0 bridgehead atoms. The molecule has 0 aliphatic rings. The van der Waals surface area contributed by atoms with Crippen LogP contribution in [0.15, 0.2) is 48.5 Å². The van der Waals surface area contributed by atoms with Gasteiger partial charge in [-0.05, 0) is 56.7 Å². The van der Waals surface area contributed by atoms with Crippen LogP contribution in [0.2, 0.25) is 0 Å². The van der Waals surface area contributed by atoms with Crippen LogP contribution < -0.4 is 14.8 Å². The van der Waals surface area contributed by atoms with Gasteiger partial charge in [0.15, 0.2) is 6.10 Å². The summed E-state index contributed by atoms with van der Waals surface area (Å²) in [5.74, 6) is 1.33. The molecule has 1 unspecified atom stereocenters. The molecule has 1 amide bonds. The third kappa shape index (κ3) is 5.02. The summed E-state index contributed by atoms with van der Waals surface area (Å²) in [4.78, 5) is 12.4. The SMILES string of the molecule is CCOc1ccc(NC(=O)C(CC)Oc2ccc(C)cc2)cc1. The van der Waals surface area contributed by atoms with Gasteiger partial charge in [0.25, 0.3) is 5.91 Å². The highest BCUT2D eigenvalue weighted by Crippen LogP contribution is 2.18. The molecular weight excluding hydrogens is 290 g/mol. The van der Waals surface area contributed by atoms with Crippen LogP contribution in [0.5, 0.6) is 11.5 Å². The van der Waals surface area contributed by atoms with Crippen molar-refractivity contribution in [2.24, 2.45) is 0 Å². The lowest BCUT2D eigenvalue weighted by atomic mass is 10.2. The van der Waals surface area contributed by atoms with Crippen LogP contribution in [0.4, 0.5) is 5.69 Å². The predicted octanol–water partition coefficient (Wildman–Crippen LogP) is 4.19. The van der Waals surface area contributed by atoms with E-state index in [0.29, 0.717) is 18.8 Å². The number of carbonyl (C=O) groups excluding carboxylic acids is 1. The Morgan fingerprint density at radius 2 is 1.61 bits per heavy atom. The first kappa shape index (κ1) is 16.9. The molecule has 0 spiro atoms. The summed E-state index contributed by atoms with van der Waals surface area (Å²) in [5, 5.41) is 2.87. The molecule has 122 valence electrons. The topological polar surface area (TPSA) is 47.6 Å². The van der Waals surface area contributed by atoms with E-state index in [9.17, 15) is 4.79 Å². The maximum atomic E-state index is 12.4. The standard InChI is InChI=1S/C19H23NO3/c1-4-18(23-17-10-6-14(3)7-11-17)19(21)20-15-8-12-16(13-9-15)22-5-2/h6-13,18H,4-5H2,1-3H3,(H,20,21). The number of amides is 1. The van der Waals surface area contributed by atoms with Crippen molar-refractivity contribution in [3.63, 3.8) is 0 Å². The molecule has 1 atom stereocenters. The monoisotopic (exact) mass is 313 g/mol. The maximum absolute atomic E-state index is 12.4. The van der Waals surface area contributed by atoms with Gasteiger partial charge < -0.3 is 14.8 Å². The van der Waals surface area contributed by atoms with Crippen molar-refractivity contribution in [3.8, 4) is 11.5 Å². The van der Waals surface area contributed by atoms with E-state index in [-0.39, 0.29) is 5.91 Å². The Bertz CT molecular complexity index is 620. The number of anilines is 1. The van der Waals surface area contributed by atoms with Crippen LogP contribution in [0.1, 0.15) is 25.8 Å². The summed E-state index contributed by atoms with van der Waals surface area (Å²) in [7, 11) is 0. The number of rotatable bonds is 7. The molecule has 1 N–H and O–H groups in total. The maximum Gasteiger partial charge on any atom is 0.265 e. The molecule has 0 heterocycles. The second-order valence-electron chi connectivity index (χ2n) is 5.27. The third-order valence-corrected chi connectivity index (χ3v) is 3.40. The lowest BCUT2D eigenvalue weighted by Gasteiger charge is -2.17. The van der Waals surface area contributed by atoms with Crippen molar-refractivity contribution < 1.29 is 14.3 Å². The Morgan fingerprint density at radius 1 is 1.00 bits per heavy atom. The highest BCUT2D eigenvalue weighted by atomic mass is 16.5. The summed E-state index contributed by atoms with van der Waals surface area (Å²) in [6, 6.07) is 15.0. The van der Waals surface area contributed by atoms with Gasteiger partial charge in [-0.1, -0.05) is 24.6 Å². The fraction of sp³-hybridized carbons (Fsp3) is 0.316. The second kappa shape index (κ2) is 8.22. The lowest BCUT2D eigenvalue weighted by Crippen LogP contribution is -2.32. The molecule has 0 aliphatic heterocycles. The summed E-state index contributed by atoms with van der Waals surface area (Å²) in [6.45, 7) is 6.49. The van der Waals surface area contributed by atoms with Gasteiger partial charge in [0, 0.05) is 5.69 Å². The van der Waals surface area contributed by atoms with Gasteiger partial charge in [-0.3, -0.25) is 4.79 Å².